The van der Waals surface area contributed by atoms with Gasteiger partial charge in [-0.25, -0.2) is 4.98 Å². The highest BCUT2D eigenvalue weighted by atomic mass is 32.1. The zero-order valence-corrected chi connectivity index (χ0v) is 15.0. The lowest BCUT2D eigenvalue weighted by molar-refractivity contribution is -0.121. The van der Waals surface area contributed by atoms with Crippen molar-refractivity contribution < 1.29 is 4.79 Å². The molecule has 0 aliphatic carbocycles. The lowest BCUT2D eigenvalue weighted by atomic mass is 9.93. The van der Waals surface area contributed by atoms with E-state index in [2.05, 4.69) is 25.5 Å². The van der Waals surface area contributed by atoms with Crippen molar-refractivity contribution in [3.63, 3.8) is 0 Å². The number of imidazole rings is 1. The van der Waals surface area contributed by atoms with Crippen LogP contribution < -0.4 is 10.6 Å². The van der Waals surface area contributed by atoms with Crippen LogP contribution in [0.25, 0.3) is 4.96 Å². The first-order valence-corrected chi connectivity index (χ1v) is 9.15. The van der Waals surface area contributed by atoms with E-state index >= 15 is 0 Å². The normalized spacial score (nSPS) is 16.6. The van der Waals surface area contributed by atoms with Crippen LogP contribution in [0.1, 0.15) is 25.0 Å². The minimum absolute atomic E-state index is 0.135. The fourth-order valence-corrected chi connectivity index (χ4v) is 3.80. The van der Waals surface area contributed by atoms with E-state index < -0.39 is 0 Å². The minimum atomic E-state index is 0.135. The number of likely N-dealkylation sites (tertiary alicyclic amines) is 1. The van der Waals surface area contributed by atoms with Gasteiger partial charge in [0.1, 0.15) is 0 Å². The van der Waals surface area contributed by atoms with E-state index in [4.69, 9.17) is 0 Å². The van der Waals surface area contributed by atoms with E-state index in [-0.39, 0.29) is 5.91 Å². The second-order valence-corrected chi connectivity index (χ2v) is 6.91. The largest absolute Gasteiger partial charge is 0.359 e. The smallest absolute Gasteiger partial charge is 0.220 e. The molecule has 7 nitrogen and oxygen atoms in total. The molecule has 0 atom stereocenters. The van der Waals surface area contributed by atoms with Crippen LogP contribution in [0, 0.1) is 5.92 Å². The van der Waals surface area contributed by atoms with Crippen molar-refractivity contribution in [2.45, 2.75) is 25.8 Å². The SMILES string of the molecule is CN=C(NCc1cn2ccsc2n1)N1CCC(CC(=O)NC)CC1. The number of aromatic nitrogens is 2. The van der Waals surface area contributed by atoms with Crippen molar-refractivity contribution in [3.8, 4) is 0 Å². The number of fused-ring (bicyclic) bond motifs is 1. The first-order chi connectivity index (χ1) is 11.7. The first-order valence-electron chi connectivity index (χ1n) is 8.27. The van der Waals surface area contributed by atoms with Gasteiger partial charge in [0.05, 0.1) is 12.2 Å². The molecule has 0 unspecified atom stereocenters. The molecule has 0 spiro atoms. The summed E-state index contributed by atoms with van der Waals surface area (Å²) in [6, 6.07) is 0. The number of carbonyl (C=O) groups is 1. The molecule has 2 aromatic heterocycles. The Morgan fingerprint density at radius 1 is 1.46 bits per heavy atom. The Balaban J connectivity index is 1.50. The van der Waals surface area contributed by atoms with Crippen molar-refractivity contribution >= 4 is 28.2 Å². The molecule has 8 heteroatoms. The quantitative estimate of drug-likeness (QED) is 0.646. The molecule has 0 aromatic carbocycles. The summed E-state index contributed by atoms with van der Waals surface area (Å²) in [6.45, 7) is 2.53. The first kappa shape index (κ1) is 16.8. The standard InChI is InChI=1S/C16H24N6OS/c1-17-14(23)9-12-3-5-21(6-4-12)15(18-2)19-10-13-11-22-7-8-24-16(22)20-13/h7-8,11-12H,3-6,9-10H2,1-2H3,(H,17,23)(H,18,19). The maximum absolute atomic E-state index is 11.5. The van der Waals surface area contributed by atoms with Gasteiger partial charge in [-0.1, -0.05) is 0 Å². The molecular weight excluding hydrogens is 324 g/mol. The van der Waals surface area contributed by atoms with Gasteiger partial charge in [-0.3, -0.25) is 14.2 Å². The Hall–Kier alpha value is -2.09. The Morgan fingerprint density at radius 2 is 2.25 bits per heavy atom. The molecule has 0 bridgehead atoms. The van der Waals surface area contributed by atoms with Crippen molar-refractivity contribution in [2.75, 3.05) is 27.2 Å². The van der Waals surface area contributed by atoms with Gasteiger partial charge in [-0.15, -0.1) is 11.3 Å². The van der Waals surface area contributed by atoms with Crippen LogP contribution in [0.2, 0.25) is 0 Å². The molecule has 2 aromatic rings. The number of carbonyl (C=O) groups excluding carboxylic acids is 1. The average molecular weight is 348 g/mol. The molecule has 3 heterocycles. The molecule has 24 heavy (non-hydrogen) atoms. The highest BCUT2D eigenvalue weighted by molar-refractivity contribution is 7.15. The molecule has 1 aliphatic rings. The van der Waals surface area contributed by atoms with Gasteiger partial charge in [0.25, 0.3) is 0 Å². The molecule has 130 valence electrons. The van der Waals surface area contributed by atoms with E-state index in [1.54, 1.807) is 18.4 Å². The maximum atomic E-state index is 11.5. The predicted octanol–water partition coefficient (Wildman–Crippen LogP) is 1.32. The van der Waals surface area contributed by atoms with Gasteiger partial charge in [-0.2, -0.15) is 0 Å². The molecule has 2 N–H and O–H groups in total. The Kier molecular flexibility index (Phi) is 5.34. The molecule has 0 radical (unpaired) electrons. The van der Waals surface area contributed by atoms with Gasteiger partial charge in [-0.05, 0) is 18.8 Å². The summed E-state index contributed by atoms with van der Waals surface area (Å²) >= 11 is 1.63. The van der Waals surface area contributed by atoms with Crippen molar-refractivity contribution in [3.05, 3.63) is 23.5 Å². The molecule has 1 amide bonds. The monoisotopic (exact) mass is 348 g/mol. The second kappa shape index (κ2) is 7.65. The predicted molar refractivity (Wildman–Crippen MR) is 96.2 cm³/mol. The van der Waals surface area contributed by atoms with Crippen molar-refractivity contribution in [2.24, 2.45) is 10.9 Å². The van der Waals surface area contributed by atoms with Crippen LogP contribution in [0.4, 0.5) is 0 Å². The summed E-state index contributed by atoms with van der Waals surface area (Å²) in [4.78, 5) is 23.7. The summed E-state index contributed by atoms with van der Waals surface area (Å²) in [5.74, 6) is 1.51. The summed E-state index contributed by atoms with van der Waals surface area (Å²) in [6.07, 6.45) is 6.73. The van der Waals surface area contributed by atoms with Crippen LogP contribution in [-0.4, -0.2) is 53.3 Å². The zero-order valence-electron chi connectivity index (χ0n) is 14.2. The van der Waals surface area contributed by atoms with Crippen LogP contribution in [0.15, 0.2) is 22.8 Å². The van der Waals surface area contributed by atoms with Gasteiger partial charge >= 0.3 is 0 Å². The van der Waals surface area contributed by atoms with E-state index in [0.29, 0.717) is 18.9 Å². The van der Waals surface area contributed by atoms with Gasteiger partial charge in [0, 0.05) is 51.4 Å². The highest BCUT2D eigenvalue weighted by Gasteiger charge is 2.23. The number of amides is 1. The van der Waals surface area contributed by atoms with E-state index in [9.17, 15) is 4.79 Å². The van der Waals surface area contributed by atoms with Crippen LogP contribution in [0.5, 0.6) is 0 Å². The van der Waals surface area contributed by atoms with E-state index in [1.165, 1.54) is 0 Å². The van der Waals surface area contributed by atoms with E-state index in [0.717, 1.165) is 42.5 Å². The van der Waals surface area contributed by atoms with Crippen LogP contribution in [-0.2, 0) is 11.3 Å². The number of rotatable bonds is 4. The third-order valence-corrected chi connectivity index (χ3v) is 5.22. The third kappa shape index (κ3) is 3.87. The zero-order chi connectivity index (χ0) is 16.9. The number of hydrogen-bond acceptors (Lipinski definition) is 4. The second-order valence-electron chi connectivity index (χ2n) is 6.03. The van der Waals surface area contributed by atoms with Gasteiger partial charge in [0.15, 0.2) is 10.9 Å². The van der Waals surface area contributed by atoms with Crippen molar-refractivity contribution in [1.82, 2.24) is 24.9 Å². The van der Waals surface area contributed by atoms with Crippen molar-refractivity contribution in [1.29, 1.82) is 0 Å². The number of nitrogens with zero attached hydrogens (tertiary/aromatic N) is 4. The lowest BCUT2D eigenvalue weighted by Crippen LogP contribution is -2.45. The number of piperidine rings is 1. The highest BCUT2D eigenvalue weighted by Crippen LogP contribution is 2.20. The number of thiazole rings is 1. The number of hydrogen-bond donors (Lipinski definition) is 2. The molecule has 3 rings (SSSR count). The number of guanidine groups is 1. The Bertz CT molecular complexity index is 685. The van der Waals surface area contributed by atoms with Crippen LogP contribution in [0.3, 0.4) is 0 Å². The Labute approximate surface area is 145 Å². The molecule has 1 fully saturated rings. The topological polar surface area (TPSA) is 74.0 Å². The van der Waals surface area contributed by atoms with Gasteiger partial charge < -0.3 is 15.5 Å². The minimum Gasteiger partial charge on any atom is -0.359 e. The number of nitrogens with one attached hydrogen (secondary N) is 2. The average Bonchev–Trinajstić information content (AvgIpc) is 3.18. The maximum Gasteiger partial charge on any atom is 0.220 e. The number of aliphatic imine (C=N–C) groups is 1. The summed E-state index contributed by atoms with van der Waals surface area (Å²) in [5.41, 5.74) is 1.01. The lowest BCUT2D eigenvalue weighted by Gasteiger charge is -2.33. The summed E-state index contributed by atoms with van der Waals surface area (Å²) in [5, 5.41) is 8.14. The summed E-state index contributed by atoms with van der Waals surface area (Å²) < 4.78 is 2.04. The van der Waals surface area contributed by atoms with E-state index in [1.807, 2.05) is 29.2 Å². The summed E-state index contributed by atoms with van der Waals surface area (Å²) in [7, 11) is 3.51. The molecular formula is C16H24N6OS. The van der Waals surface area contributed by atoms with Crippen LogP contribution >= 0.6 is 11.3 Å². The molecule has 0 saturated carbocycles. The Morgan fingerprint density at radius 3 is 2.92 bits per heavy atom. The third-order valence-electron chi connectivity index (χ3n) is 4.45. The fraction of sp³-hybridized carbons (Fsp3) is 0.562. The molecule has 1 saturated heterocycles. The fourth-order valence-electron chi connectivity index (χ4n) is 3.08. The molecule has 1 aliphatic heterocycles. The van der Waals surface area contributed by atoms with Gasteiger partial charge in [0.2, 0.25) is 5.91 Å².